The summed E-state index contributed by atoms with van der Waals surface area (Å²) >= 11 is 4.47. The van der Waals surface area contributed by atoms with E-state index in [4.69, 9.17) is 38.3 Å². The number of ether oxygens (including phenoxy) is 6. The summed E-state index contributed by atoms with van der Waals surface area (Å²) in [7, 11) is 1.03. The number of benzene rings is 4. The summed E-state index contributed by atoms with van der Waals surface area (Å²) in [6.45, 7) is 0.214. The normalized spacial score (nSPS) is 19.5. The molecule has 4 heterocycles. The maximum atomic E-state index is 14.1. The van der Waals surface area contributed by atoms with Gasteiger partial charge in [-0.15, -0.1) is 0 Å². The number of hydrogen-bond acceptors (Lipinski definition) is 17. The fraction of sp³-hybridized carbons (Fsp3) is 0.302. The van der Waals surface area contributed by atoms with Crippen LogP contribution in [0.3, 0.4) is 0 Å². The minimum atomic E-state index is -4.97. The summed E-state index contributed by atoms with van der Waals surface area (Å²) in [5.74, 6) is 1.50. The SMILES string of the molecule is COc1ccc(C2=CN3C(=O)c4cc(OC)c(OCCCOc5cc6c(cc5OC)C(=O)N5C=C(c7ccc(OC)cc7)C[C@H]5C(S(=O)(=O)[O-])N6)cc4NC(OOO[S-])[C@@H]3C2)cc1.[Na+].[Na+]. The largest absolute Gasteiger partial charge is 1.00 e. The van der Waals surface area contributed by atoms with Crippen LogP contribution in [0.1, 0.15) is 51.1 Å². The summed E-state index contributed by atoms with van der Waals surface area (Å²) in [5.41, 5.74) is 4.07. The van der Waals surface area contributed by atoms with E-state index in [1.807, 2.05) is 24.3 Å². The van der Waals surface area contributed by atoms with Gasteiger partial charge in [0.25, 0.3) is 11.8 Å². The molecule has 2 amide bonds. The predicted molar refractivity (Wildman–Crippen MR) is 228 cm³/mol. The molecule has 0 spiro atoms. The van der Waals surface area contributed by atoms with Crippen molar-refractivity contribution in [2.75, 3.05) is 52.3 Å². The molecule has 4 aliphatic heterocycles. The van der Waals surface area contributed by atoms with Crippen molar-refractivity contribution in [3.05, 3.63) is 107 Å². The summed E-state index contributed by atoms with van der Waals surface area (Å²) in [6, 6.07) is 19.1. The average molecular weight is 949 g/mol. The van der Waals surface area contributed by atoms with Gasteiger partial charge in [0, 0.05) is 31.0 Å². The van der Waals surface area contributed by atoms with Crippen molar-refractivity contribution < 1.29 is 124 Å². The minimum absolute atomic E-state index is 0. The van der Waals surface area contributed by atoms with Gasteiger partial charge in [0.05, 0.1) is 76.2 Å². The van der Waals surface area contributed by atoms with E-state index >= 15 is 0 Å². The molecule has 0 saturated heterocycles. The molecule has 8 rings (SSSR count). The van der Waals surface area contributed by atoms with Gasteiger partial charge in [-0.3, -0.25) is 9.59 Å². The van der Waals surface area contributed by atoms with Crippen molar-refractivity contribution in [2.24, 2.45) is 0 Å². The Kier molecular flexibility index (Phi) is 16.7. The second-order valence-electron chi connectivity index (χ2n) is 14.7. The van der Waals surface area contributed by atoms with Gasteiger partial charge in [0.15, 0.2) is 29.2 Å². The molecule has 0 saturated carbocycles. The second kappa shape index (κ2) is 21.6. The van der Waals surface area contributed by atoms with Crippen molar-refractivity contribution >= 4 is 57.4 Å². The van der Waals surface area contributed by atoms with Crippen molar-refractivity contribution in [3.8, 4) is 34.5 Å². The van der Waals surface area contributed by atoms with Gasteiger partial charge in [-0.1, -0.05) is 29.3 Å². The molecule has 0 bridgehead atoms. The Labute approximate surface area is 425 Å². The fourth-order valence-electron chi connectivity index (χ4n) is 8.07. The third-order valence-electron chi connectivity index (χ3n) is 11.2. The zero-order valence-corrected chi connectivity index (χ0v) is 42.0. The van der Waals surface area contributed by atoms with Crippen molar-refractivity contribution in [1.82, 2.24) is 9.80 Å². The van der Waals surface area contributed by atoms with Gasteiger partial charge in [-0.2, -0.15) is 4.89 Å². The van der Waals surface area contributed by atoms with Gasteiger partial charge >= 0.3 is 59.1 Å². The molecule has 18 nitrogen and oxygen atoms in total. The Morgan fingerprint density at radius 1 is 0.662 bits per heavy atom. The minimum Gasteiger partial charge on any atom is -0.746 e. The number of amides is 2. The first kappa shape index (κ1) is 50.3. The molecular weight excluding hydrogens is 907 g/mol. The quantitative estimate of drug-likeness (QED) is 0.0362. The molecule has 0 aliphatic carbocycles. The molecule has 4 aromatic rings. The van der Waals surface area contributed by atoms with Gasteiger partial charge in [-0.05, 0) is 71.5 Å². The third-order valence-corrected chi connectivity index (χ3v) is 12.3. The van der Waals surface area contributed by atoms with Crippen LogP contribution in [-0.2, 0) is 37.3 Å². The van der Waals surface area contributed by atoms with E-state index < -0.39 is 39.7 Å². The zero-order valence-electron chi connectivity index (χ0n) is 36.4. The van der Waals surface area contributed by atoms with Gasteiger partial charge in [-0.25, -0.2) is 8.42 Å². The van der Waals surface area contributed by atoms with Gasteiger partial charge < -0.3 is 70.7 Å². The maximum absolute atomic E-state index is 14.1. The number of carbonyl (C=O) groups excluding carboxylic acids is 2. The number of fused-ring (bicyclic) bond motifs is 4. The van der Waals surface area contributed by atoms with Crippen molar-refractivity contribution in [2.45, 2.75) is 42.9 Å². The van der Waals surface area contributed by atoms with Crippen LogP contribution in [0.5, 0.6) is 34.5 Å². The fourth-order valence-corrected chi connectivity index (χ4v) is 8.98. The molecule has 4 aliphatic rings. The van der Waals surface area contributed by atoms with Crippen molar-refractivity contribution in [1.29, 1.82) is 0 Å². The Hall–Kier alpha value is -4.16. The van der Waals surface area contributed by atoms with Crippen LogP contribution in [0, 0.1) is 0 Å². The summed E-state index contributed by atoms with van der Waals surface area (Å²) < 4.78 is 76.4. The third kappa shape index (κ3) is 10.5. The first-order valence-corrected chi connectivity index (χ1v) is 21.4. The molecule has 0 aromatic heterocycles. The van der Waals surface area contributed by atoms with Crippen molar-refractivity contribution in [3.63, 3.8) is 0 Å². The van der Waals surface area contributed by atoms with Crippen LogP contribution >= 0.6 is 0 Å². The Morgan fingerprint density at radius 2 is 1.12 bits per heavy atom. The molecular formula is C43H42N4Na2O14S2. The van der Waals surface area contributed by atoms with Crippen LogP contribution in [0.15, 0.2) is 85.2 Å². The number of rotatable bonds is 16. The number of nitrogens with one attached hydrogen (secondary N) is 2. The topological polar surface area (TPSA) is 205 Å². The number of anilines is 2. The molecule has 2 N–H and O–H groups in total. The second-order valence-corrected chi connectivity index (χ2v) is 16.4. The van der Waals surface area contributed by atoms with E-state index in [0.717, 1.165) is 16.7 Å². The van der Waals surface area contributed by atoms with E-state index in [2.05, 4.69) is 27.9 Å². The molecule has 0 fully saturated rings. The number of hydrogen-bond donors (Lipinski definition) is 2. The van der Waals surface area contributed by atoms with E-state index in [-0.39, 0.29) is 113 Å². The Morgan fingerprint density at radius 3 is 1.57 bits per heavy atom. The number of carbonyl (C=O) groups is 2. The summed E-state index contributed by atoms with van der Waals surface area (Å²) in [4.78, 5) is 36.4. The molecule has 22 heteroatoms. The molecule has 0 radical (unpaired) electrons. The van der Waals surface area contributed by atoms with E-state index in [1.54, 1.807) is 67.9 Å². The Bertz CT molecular complexity index is 2570. The number of methoxy groups -OCH3 is 4. The van der Waals surface area contributed by atoms with E-state index in [9.17, 15) is 22.6 Å². The maximum Gasteiger partial charge on any atom is 1.00 e. The monoisotopic (exact) mass is 948 g/mol. The molecule has 332 valence electrons. The van der Waals surface area contributed by atoms with E-state index in [0.29, 0.717) is 47.1 Å². The van der Waals surface area contributed by atoms with Crippen LogP contribution in [0.4, 0.5) is 11.4 Å². The predicted octanol–water partition coefficient (Wildman–Crippen LogP) is -0.522. The van der Waals surface area contributed by atoms with Crippen LogP contribution < -0.4 is 98.2 Å². The molecule has 4 aromatic carbocycles. The zero-order chi connectivity index (χ0) is 44.4. The molecule has 4 atom stereocenters. The van der Waals surface area contributed by atoms with Gasteiger partial charge in [0.1, 0.15) is 27.0 Å². The molecule has 65 heavy (non-hydrogen) atoms. The van der Waals surface area contributed by atoms with Crippen LogP contribution in [0.25, 0.3) is 11.1 Å². The first-order valence-electron chi connectivity index (χ1n) is 19.6. The average Bonchev–Trinajstić information content (AvgIpc) is 3.90. The van der Waals surface area contributed by atoms with E-state index in [1.165, 1.54) is 31.3 Å². The van der Waals surface area contributed by atoms with Crippen LogP contribution in [0.2, 0.25) is 0 Å². The van der Waals surface area contributed by atoms with Crippen LogP contribution in [-0.4, -0.2) is 99.9 Å². The number of nitrogens with zero attached hydrogens (tertiary/aromatic N) is 2. The Balaban J connectivity index is 0.00000350. The standard InChI is InChI=1S/C43H44N4O14S2.2Na/c1-53-28-10-6-24(7-11-28)26-16-34-40(59-60-61-62)44-32-20-38(36(55-3)18-30(32)42(48)46(34)22-26)57-14-5-15-58-39-21-33-31(19-37(39)56-4)43(49)47-23-27(25-8-12-29(54-2)13-9-25)17-35(47)41(45-33)63(50,51)52;;/h6-13,18-23,34-35,40-41,44-45,62H,5,14-17H2,1-4H3,(H,50,51,52);;/q;2*+1/p-2/t34-,35-,40?,41?;;/m0../s1. The summed E-state index contributed by atoms with van der Waals surface area (Å²) in [6.07, 6.45) is 3.27. The first-order chi connectivity index (χ1) is 30.4. The molecule has 2 unspecified atom stereocenters. The summed E-state index contributed by atoms with van der Waals surface area (Å²) in [5, 5.41) is 9.10. The van der Waals surface area contributed by atoms with Gasteiger partial charge in [0.2, 0.25) is 0 Å². The smallest absolute Gasteiger partial charge is 0.746 e.